The van der Waals surface area contributed by atoms with E-state index >= 15 is 0 Å². The SMILES string of the molecule is CSCCNC(=O)/C(Cc1ccc(O)c(Br)c1)=N\O.CSCCNC(=O)/C(Cc1ccc(O)c(Br)c1)=N\O. The van der Waals surface area contributed by atoms with E-state index in [0.29, 0.717) is 22.0 Å². The van der Waals surface area contributed by atoms with Crippen molar-refractivity contribution in [1.82, 2.24) is 10.6 Å². The van der Waals surface area contributed by atoms with E-state index in [-0.39, 0.29) is 47.6 Å². The Hall–Kier alpha value is -2.42. The van der Waals surface area contributed by atoms with Gasteiger partial charge in [0.25, 0.3) is 11.8 Å². The molecule has 0 bridgehead atoms. The zero-order valence-corrected chi connectivity index (χ0v) is 25.6. The maximum Gasteiger partial charge on any atom is 0.269 e. The van der Waals surface area contributed by atoms with Crippen LogP contribution in [0.3, 0.4) is 0 Å². The van der Waals surface area contributed by atoms with Crippen molar-refractivity contribution >= 4 is 78.6 Å². The van der Waals surface area contributed by atoms with Crippen LogP contribution in [0.1, 0.15) is 11.1 Å². The van der Waals surface area contributed by atoms with Crippen LogP contribution in [-0.2, 0) is 22.4 Å². The third kappa shape index (κ3) is 12.4. The third-order valence-corrected chi connectivity index (χ3v) is 7.21. The third-order valence-electron chi connectivity index (χ3n) is 4.72. The molecule has 0 aliphatic rings. The molecule has 14 heteroatoms. The molecule has 2 amide bonds. The Bertz CT molecular complexity index is 1050. The van der Waals surface area contributed by atoms with Crippen molar-refractivity contribution in [3.8, 4) is 11.5 Å². The van der Waals surface area contributed by atoms with E-state index in [1.54, 1.807) is 47.8 Å². The number of hydrogen-bond acceptors (Lipinski definition) is 10. The number of amides is 2. The van der Waals surface area contributed by atoms with Gasteiger partial charge in [0.05, 0.1) is 8.95 Å². The van der Waals surface area contributed by atoms with Gasteiger partial charge in [-0.2, -0.15) is 23.5 Å². The van der Waals surface area contributed by atoms with Crippen LogP contribution in [0.25, 0.3) is 0 Å². The largest absolute Gasteiger partial charge is 0.507 e. The topological polar surface area (TPSA) is 164 Å². The summed E-state index contributed by atoms with van der Waals surface area (Å²) in [4.78, 5) is 23.5. The molecule has 0 aromatic heterocycles. The van der Waals surface area contributed by atoms with E-state index in [0.717, 1.165) is 22.6 Å². The lowest BCUT2D eigenvalue weighted by Gasteiger charge is -2.07. The van der Waals surface area contributed by atoms with Gasteiger partial charge in [0.1, 0.15) is 22.9 Å². The second kappa shape index (κ2) is 18.8. The summed E-state index contributed by atoms with van der Waals surface area (Å²) in [5.74, 6) is 1.07. The van der Waals surface area contributed by atoms with Gasteiger partial charge in [0, 0.05) is 37.4 Å². The first-order valence-electron chi connectivity index (χ1n) is 11.1. The molecule has 0 saturated carbocycles. The number of hydrogen-bond donors (Lipinski definition) is 6. The quantitative estimate of drug-likeness (QED) is 0.0841. The van der Waals surface area contributed by atoms with E-state index < -0.39 is 0 Å². The summed E-state index contributed by atoms with van der Waals surface area (Å²) in [7, 11) is 0. The number of rotatable bonds is 12. The minimum absolute atomic E-state index is 0.0405. The summed E-state index contributed by atoms with van der Waals surface area (Å²) >= 11 is 9.62. The number of halogens is 2. The molecule has 38 heavy (non-hydrogen) atoms. The number of thioether (sulfide) groups is 2. The van der Waals surface area contributed by atoms with Crippen molar-refractivity contribution in [2.75, 3.05) is 37.1 Å². The molecular formula is C24H30Br2N4O6S2. The van der Waals surface area contributed by atoms with Crippen LogP contribution in [0.5, 0.6) is 11.5 Å². The Balaban J connectivity index is 0.000000380. The average molecular weight is 694 g/mol. The fourth-order valence-corrected chi connectivity index (χ4v) is 4.23. The van der Waals surface area contributed by atoms with Crippen LogP contribution < -0.4 is 10.6 Å². The van der Waals surface area contributed by atoms with Gasteiger partial charge in [-0.3, -0.25) is 9.59 Å². The van der Waals surface area contributed by atoms with Gasteiger partial charge in [-0.25, -0.2) is 0 Å². The highest BCUT2D eigenvalue weighted by Crippen LogP contribution is 2.25. The average Bonchev–Trinajstić information content (AvgIpc) is 2.90. The van der Waals surface area contributed by atoms with Crippen molar-refractivity contribution in [2.45, 2.75) is 12.8 Å². The van der Waals surface area contributed by atoms with Crippen molar-refractivity contribution in [3.05, 3.63) is 56.5 Å². The van der Waals surface area contributed by atoms with Crippen LogP contribution in [0, 0.1) is 0 Å². The monoisotopic (exact) mass is 692 g/mol. The van der Waals surface area contributed by atoms with Gasteiger partial charge >= 0.3 is 0 Å². The maximum atomic E-state index is 11.7. The molecule has 0 heterocycles. The van der Waals surface area contributed by atoms with Crippen LogP contribution in [0.4, 0.5) is 0 Å². The number of nitrogens with zero attached hydrogens (tertiary/aromatic N) is 2. The summed E-state index contributed by atoms with van der Waals surface area (Å²) in [5, 5.41) is 48.0. The van der Waals surface area contributed by atoms with Gasteiger partial charge in [-0.05, 0) is 79.8 Å². The molecule has 0 fully saturated rings. The zero-order chi connectivity index (χ0) is 28.5. The van der Waals surface area contributed by atoms with Crippen LogP contribution in [0.2, 0.25) is 0 Å². The predicted octanol–water partition coefficient (Wildman–Crippen LogP) is 4.01. The zero-order valence-electron chi connectivity index (χ0n) is 20.8. The predicted molar refractivity (Wildman–Crippen MR) is 160 cm³/mol. The Labute approximate surface area is 246 Å². The number of carbonyl (C=O) groups excluding carboxylic acids is 2. The molecule has 0 atom stereocenters. The van der Waals surface area contributed by atoms with E-state index in [2.05, 4.69) is 52.8 Å². The van der Waals surface area contributed by atoms with Gasteiger partial charge < -0.3 is 31.3 Å². The van der Waals surface area contributed by atoms with Crippen LogP contribution in [0.15, 0.2) is 55.7 Å². The molecule has 0 spiro atoms. The highest BCUT2D eigenvalue weighted by molar-refractivity contribution is 9.10. The first kappa shape index (κ1) is 33.6. The molecular weight excluding hydrogens is 664 g/mol. The van der Waals surface area contributed by atoms with Gasteiger partial charge in [-0.15, -0.1) is 0 Å². The maximum absolute atomic E-state index is 11.7. The number of phenols is 2. The minimum Gasteiger partial charge on any atom is -0.507 e. The van der Waals surface area contributed by atoms with Crippen LogP contribution >= 0.6 is 55.4 Å². The molecule has 208 valence electrons. The lowest BCUT2D eigenvalue weighted by molar-refractivity contribution is -0.115. The smallest absolute Gasteiger partial charge is 0.269 e. The fourth-order valence-electron chi connectivity index (χ4n) is 2.77. The van der Waals surface area contributed by atoms with E-state index in [4.69, 9.17) is 10.4 Å². The van der Waals surface area contributed by atoms with E-state index in [1.807, 2.05) is 12.5 Å². The number of aromatic hydroxyl groups is 2. The molecule has 0 radical (unpaired) electrons. The van der Waals surface area contributed by atoms with Crippen molar-refractivity contribution in [1.29, 1.82) is 0 Å². The highest BCUT2D eigenvalue weighted by Gasteiger charge is 2.14. The van der Waals surface area contributed by atoms with E-state index in [9.17, 15) is 19.8 Å². The normalized spacial score (nSPS) is 11.4. The summed E-state index contributed by atoms with van der Waals surface area (Å²) in [6.45, 7) is 1.05. The first-order chi connectivity index (χ1) is 18.2. The number of phenolic OH excluding ortho intramolecular Hbond substituents is 2. The molecule has 2 rings (SSSR count). The lowest BCUT2D eigenvalue weighted by Crippen LogP contribution is -2.33. The van der Waals surface area contributed by atoms with Crippen LogP contribution in [-0.4, -0.2) is 81.0 Å². The molecule has 10 nitrogen and oxygen atoms in total. The standard InChI is InChI=1S/2C12H15BrN2O3S/c2*1-19-5-4-14-12(17)10(15-18)7-8-2-3-11(16)9(13)6-8/h2*2-3,6,16,18H,4-5,7H2,1H3,(H,14,17)/b2*15-10-. The molecule has 0 unspecified atom stereocenters. The molecule has 0 aliphatic heterocycles. The molecule has 0 saturated heterocycles. The van der Waals surface area contributed by atoms with E-state index in [1.165, 1.54) is 12.1 Å². The summed E-state index contributed by atoms with van der Waals surface area (Å²) in [6.07, 6.45) is 4.28. The molecule has 6 N–H and O–H groups in total. The number of benzene rings is 2. The highest BCUT2D eigenvalue weighted by atomic mass is 79.9. The Morgan fingerprint density at radius 2 is 1.13 bits per heavy atom. The molecule has 0 aliphatic carbocycles. The van der Waals surface area contributed by atoms with Gasteiger partial charge in [0.15, 0.2) is 0 Å². The number of oxime groups is 2. The summed E-state index contributed by atoms with van der Waals surface area (Å²) < 4.78 is 1.06. The Morgan fingerprint density at radius 3 is 1.42 bits per heavy atom. The second-order valence-corrected chi connectivity index (χ2v) is 11.2. The van der Waals surface area contributed by atoms with Crippen molar-refractivity contribution in [2.24, 2.45) is 10.3 Å². The number of nitrogens with one attached hydrogen (secondary N) is 2. The summed E-state index contributed by atoms with van der Waals surface area (Å²) in [5.41, 5.74) is 1.60. The Kier molecular flexibility index (Phi) is 16.6. The second-order valence-electron chi connectivity index (χ2n) is 7.52. The minimum atomic E-state index is -0.388. The fraction of sp³-hybridized carbons (Fsp3) is 0.333. The van der Waals surface area contributed by atoms with Gasteiger partial charge in [-0.1, -0.05) is 22.4 Å². The summed E-state index contributed by atoms with van der Waals surface area (Å²) in [6, 6.07) is 9.71. The van der Waals surface area contributed by atoms with Crippen molar-refractivity contribution in [3.63, 3.8) is 0 Å². The Morgan fingerprint density at radius 1 is 0.763 bits per heavy atom. The number of carbonyl (C=O) groups is 2. The lowest BCUT2D eigenvalue weighted by atomic mass is 10.1. The molecule has 2 aromatic rings. The van der Waals surface area contributed by atoms with Crippen molar-refractivity contribution < 1.29 is 30.2 Å². The van der Waals surface area contributed by atoms with Gasteiger partial charge in [0.2, 0.25) is 0 Å². The first-order valence-corrected chi connectivity index (χ1v) is 15.4. The molecule has 2 aromatic carbocycles.